The van der Waals surface area contributed by atoms with Gasteiger partial charge in [0.1, 0.15) is 12.1 Å². The molecular formula is C18H19N5O8. The highest BCUT2D eigenvalue weighted by Gasteiger charge is 2.34. The normalized spacial score (nSPS) is 14.5. The average Bonchev–Trinajstić information content (AvgIpc) is 3.04. The Balaban J connectivity index is 2.67. The summed E-state index contributed by atoms with van der Waals surface area (Å²) in [6.07, 6.45) is 7.93. The Kier molecular flexibility index (Phi) is 8.72. The van der Waals surface area contributed by atoms with Crippen LogP contribution in [-0.2, 0) is 38.4 Å². The minimum absolute atomic E-state index is 0.0937. The molecule has 0 aliphatic carbocycles. The van der Waals surface area contributed by atoms with Gasteiger partial charge in [-0.25, -0.2) is 4.79 Å². The number of carbonyl (C=O) groups is 7. The predicted octanol–water partition coefficient (Wildman–Crippen LogP) is -3.57. The first kappa shape index (κ1) is 24.6. The van der Waals surface area contributed by atoms with Crippen LogP contribution in [0.25, 0.3) is 0 Å². The van der Waals surface area contributed by atoms with Gasteiger partial charge in [0.15, 0.2) is 6.17 Å². The fourth-order valence-corrected chi connectivity index (χ4v) is 2.10. The van der Waals surface area contributed by atoms with Crippen molar-refractivity contribution in [3.8, 4) is 24.7 Å². The lowest BCUT2D eigenvalue weighted by molar-refractivity contribution is -0.198. The number of terminal acetylenes is 2. The van der Waals surface area contributed by atoms with Crippen LogP contribution in [0.4, 0.5) is 0 Å². The maximum absolute atomic E-state index is 12.3. The van der Waals surface area contributed by atoms with Crippen LogP contribution in [0.3, 0.4) is 0 Å². The molecule has 13 heteroatoms. The van der Waals surface area contributed by atoms with Gasteiger partial charge in [-0.15, -0.1) is 17.9 Å². The van der Waals surface area contributed by atoms with Crippen molar-refractivity contribution in [3.05, 3.63) is 0 Å². The summed E-state index contributed by atoms with van der Waals surface area (Å²) in [7, 11) is 0. The highest BCUT2D eigenvalue weighted by Crippen LogP contribution is 2.12. The molecule has 1 fully saturated rings. The Morgan fingerprint density at radius 1 is 0.839 bits per heavy atom. The summed E-state index contributed by atoms with van der Waals surface area (Å²) < 4.78 is 0. The van der Waals surface area contributed by atoms with Crippen LogP contribution in [0.15, 0.2) is 0 Å². The summed E-state index contributed by atoms with van der Waals surface area (Å²) in [4.78, 5) is 86.7. The van der Waals surface area contributed by atoms with Crippen LogP contribution in [0, 0.1) is 24.7 Å². The summed E-state index contributed by atoms with van der Waals surface area (Å²) in [5.41, 5.74) is 0. The van der Waals surface area contributed by atoms with E-state index in [9.17, 15) is 33.6 Å². The lowest BCUT2D eigenvalue weighted by atomic mass is 10.2. The molecule has 1 heterocycles. The molecule has 1 saturated heterocycles. The molecule has 1 aliphatic heterocycles. The number of nitrogens with one attached hydrogen (secondary N) is 4. The molecule has 0 bridgehead atoms. The zero-order valence-corrected chi connectivity index (χ0v) is 16.5. The standard InChI is InChI=1S/C18H19N5O8/c1-5-11(24)21-15(22-12(25)6-2)17(29)19-9(3)16(28)20-10(4)18(30)31-23-13(26)7-8-14(23)27/h1-2,9-10,15H,7-8H2,3-4H3,(H,19,29)(H,20,28)(H,21,24)(H,22,25). The second-order valence-electron chi connectivity index (χ2n) is 6.12. The first-order chi connectivity index (χ1) is 14.5. The van der Waals surface area contributed by atoms with E-state index in [-0.39, 0.29) is 12.8 Å². The van der Waals surface area contributed by atoms with Crippen molar-refractivity contribution in [1.29, 1.82) is 0 Å². The van der Waals surface area contributed by atoms with Gasteiger partial charge in [-0.05, 0) is 25.7 Å². The fraction of sp³-hybridized carbons (Fsp3) is 0.389. The van der Waals surface area contributed by atoms with Crippen LogP contribution >= 0.6 is 0 Å². The zero-order chi connectivity index (χ0) is 23.7. The number of hydrogen-bond donors (Lipinski definition) is 4. The van der Waals surface area contributed by atoms with Crippen LogP contribution in [0.2, 0.25) is 0 Å². The molecule has 0 saturated carbocycles. The van der Waals surface area contributed by atoms with Gasteiger partial charge in [-0.1, -0.05) is 0 Å². The first-order valence-corrected chi connectivity index (χ1v) is 8.72. The predicted molar refractivity (Wildman–Crippen MR) is 100 cm³/mol. The monoisotopic (exact) mass is 433 g/mol. The van der Waals surface area contributed by atoms with Gasteiger partial charge in [0.05, 0.1) is 0 Å². The maximum atomic E-state index is 12.3. The minimum Gasteiger partial charge on any atom is -0.341 e. The summed E-state index contributed by atoms with van der Waals surface area (Å²) in [6.45, 7) is 2.46. The van der Waals surface area contributed by atoms with Crippen molar-refractivity contribution in [2.75, 3.05) is 0 Å². The number of hydrogen-bond acceptors (Lipinski definition) is 8. The number of carbonyl (C=O) groups excluding carboxylic acids is 7. The zero-order valence-electron chi connectivity index (χ0n) is 16.5. The number of rotatable bonds is 8. The van der Waals surface area contributed by atoms with Crippen LogP contribution in [0.5, 0.6) is 0 Å². The highest BCUT2D eigenvalue weighted by molar-refractivity contribution is 6.02. The molecule has 0 aromatic carbocycles. The van der Waals surface area contributed by atoms with Gasteiger partial charge in [0, 0.05) is 12.8 Å². The Bertz CT molecular complexity index is 856. The van der Waals surface area contributed by atoms with Crippen molar-refractivity contribution in [2.24, 2.45) is 0 Å². The van der Waals surface area contributed by atoms with E-state index in [0.717, 1.165) is 0 Å². The van der Waals surface area contributed by atoms with Crippen molar-refractivity contribution < 1.29 is 38.4 Å². The third-order valence-corrected chi connectivity index (χ3v) is 3.73. The molecule has 13 nitrogen and oxygen atoms in total. The smallest absolute Gasteiger partial charge is 0.341 e. The molecule has 1 aliphatic rings. The molecule has 31 heavy (non-hydrogen) atoms. The van der Waals surface area contributed by atoms with E-state index in [0.29, 0.717) is 5.06 Å². The Morgan fingerprint density at radius 3 is 1.74 bits per heavy atom. The molecule has 0 spiro atoms. The van der Waals surface area contributed by atoms with Crippen molar-refractivity contribution in [2.45, 2.75) is 44.9 Å². The Labute approximate surface area is 176 Å². The van der Waals surface area contributed by atoms with Crippen molar-refractivity contribution in [1.82, 2.24) is 26.3 Å². The van der Waals surface area contributed by atoms with E-state index in [1.807, 2.05) is 10.6 Å². The lowest BCUT2D eigenvalue weighted by Crippen LogP contribution is -2.59. The molecular weight excluding hydrogens is 414 g/mol. The number of hydroxylamine groups is 2. The molecule has 0 radical (unpaired) electrons. The van der Waals surface area contributed by atoms with Gasteiger partial charge < -0.3 is 26.1 Å². The summed E-state index contributed by atoms with van der Waals surface area (Å²) in [5.74, 6) is -3.06. The molecule has 4 N–H and O–H groups in total. The van der Waals surface area contributed by atoms with Gasteiger partial charge in [0.25, 0.3) is 29.5 Å². The van der Waals surface area contributed by atoms with Gasteiger partial charge >= 0.3 is 5.97 Å². The maximum Gasteiger partial charge on any atom is 0.354 e. The van der Waals surface area contributed by atoms with Crippen LogP contribution in [0.1, 0.15) is 26.7 Å². The SMILES string of the molecule is C#CC(=O)NC(NC(=O)C#C)C(=O)NC(C)C(=O)NC(C)C(=O)ON1C(=O)CCC1=O. The summed E-state index contributed by atoms with van der Waals surface area (Å²) in [6, 6.07) is -2.54. The minimum atomic E-state index is -1.67. The molecule has 164 valence electrons. The third-order valence-electron chi connectivity index (χ3n) is 3.73. The van der Waals surface area contributed by atoms with E-state index >= 15 is 0 Å². The van der Waals surface area contributed by atoms with Crippen LogP contribution < -0.4 is 21.3 Å². The fourth-order valence-electron chi connectivity index (χ4n) is 2.10. The van der Waals surface area contributed by atoms with Gasteiger partial charge in [0.2, 0.25) is 5.91 Å². The molecule has 6 amide bonds. The highest BCUT2D eigenvalue weighted by atomic mass is 16.7. The largest absolute Gasteiger partial charge is 0.354 e. The molecule has 2 atom stereocenters. The topological polar surface area (TPSA) is 180 Å². The third kappa shape index (κ3) is 7.17. The van der Waals surface area contributed by atoms with E-state index in [1.54, 1.807) is 11.8 Å². The number of amides is 6. The van der Waals surface area contributed by atoms with E-state index in [1.165, 1.54) is 13.8 Å². The molecule has 0 aromatic heterocycles. The first-order valence-electron chi connectivity index (χ1n) is 8.72. The van der Waals surface area contributed by atoms with Gasteiger partial charge in [-0.2, -0.15) is 0 Å². The molecule has 1 rings (SSSR count). The van der Waals surface area contributed by atoms with E-state index in [2.05, 4.69) is 15.5 Å². The van der Waals surface area contributed by atoms with E-state index < -0.39 is 59.7 Å². The van der Waals surface area contributed by atoms with E-state index in [4.69, 9.17) is 12.8 Å². The number of nitrogens with zero attached hydrogens (tertiary/aromatic N) is 1. The Morgan fingerprint density at radius 2 is 1.29 bits per heavy atom. The van der Waals surface area contributed by atoms with Crippen molar-refractivity contribution in [3.63, 3.8) is 0 Å². The quantitative estimate of drug-likeness (QED) is 0.172. The lowest BCUT2D eigenvalue weighted by Gasteiger charge is -2.22. The van der Waals surface area contributed by atoms with Gasteiger partial charge in [-0.3, -0.25) is 28.8 Å². The average molecular weight is 433 g/mol. The second kappa shape index (κ2) is 11.0. The second-order valence-corrected chi connectivity index (χ2v) is 6.12. The summed E-state index contributed by atoms with van der Waals surface area (Å²) >= 11 is 0. The van der Waals surface area contributed by atoms with Crippen LogP contribution in [-0.4, -0.2) is 64.7 Å². The molecule has 2 unspecified atom stereocenters. The number of imide groups is 1. The van der Waals surface area contributed by atoms with Crippen molar-refractivity contribution >= 4 is 41.4 Å². The summed E-state index contributed by atoms with van der Waals surface area (Å²) in [5, 5.41) is 8.71. The molecule has 0 aromatic rings. The Hall–Kier alpha value is -4.39.